The monoisotopic (exact) mass is 439 g/mol. The number of carbonyl (C=O) groups is 1. The van der Waals surface area contributed by atoms with E-state index in [4.69, 9.17) is 15.9 Å². The van der Waals surface area contributed by atoms with Crippen LogP contribution in [-0.2, 0) is 14.6 Å². The number of sulfone groups is 1. The lowest BCUT2D eigenvalue weighted by atomic mass is 9.94. The van der Waals surface area contributed by atoms with Gasteiger partial charge in [-0.3, -0.25) is 10.2 Å². The topological polar surface area (TPSA) is 148 Å². The molecule has 1 aliphatic rings. The minimum absolute atomic E-state index is 0.125. The molecule has 1 aromatic heterocycles. The summed E-state index contributed by atoms with van der Waals surface area (Å²) >= 11 is 1.24. The molecule has 1 aromatic carbocycles. The molecule has 0 saturated carbocycles. The largest absolute Gasteiger partial charge is 0.493 e. The molecule has 0 saturated heterocycles. The number of fused-ring (bicyclic) bond motifs is 1. The summed E-state index contributed by atoms with van der Waals surface area (Å²) in [5.74, 6) is -0.147. The summed E-state index contributed by atoms with van der Waals surface area (Å²) in [6, 6.07) is 5.14. The number of nitrogens with two attached hydrogens (primary N) is 1. The van der Waals surface area contributed by atoms with Crippen molar-refractivity contribution in [3.8, 4) is 5.75 Å². The number of nitrogens with one attached hydrogen (secondary N) is 2. The molecule has 9 nitrogen and oxygen atoms in total. The quantitative estimate of drug-likeness (QED) is 0.354. The number of amidine groups is 1. The van der Waals surface area contributed by atoms with E-state index >= 15 is 0 Å². The average molecular weight is 440 g/mol. The standard InChI is InChI=1S/C15H21N3O4S.C3H4N2S/c1-15(2,14(16)17)23(20,21)8-10-5-6-22-13-4-3-11(18-9-19)7-12(10)13;1-3-2-4-6-5-3/h3-4,7,9-10H,5-6,8H2,1-2H3,(H3,16,17)(H,18,19);2H,1H3. The zero-order valence-electron chi connectivity index (χ0n) is 16.5. The van der Waals surface area contributed by atoms with Crippen LogP contribution in [0.15, 0.2) is 24.4 Å². The summed E-state index contributed by atoms with van der Waals surface area (Å²) in [4.78, 5) is 10.6. The SMILES string of the molecule is CC(C)(C(=N)N)S(=O)(=O)CC1CCOc2ccc(NC=O)cc21.Cc1cnsn1. The normalized spacial score (nSPS) is 15.9. The molecular weight excluding hydrogens is 414 g/mol. The molecule has 3 rings (SSSR count). The van der Waals surface area contributed by atoms with Crippen molar-refractivity contribution in [2.24, 2.45) is 5.73 Å². The molecule has 2 aromatic rings. The predicted octanol–water partition coefficient (Wildman–Crippen LogP) is 2.10. The molecular formula is C18H25N5O4S2. The van der Waals surface area contributed by atoms with Gasteiger partial charge >= 0.3 is 0 Å². The average Bonchev–Trinajstić information content (AvgIpc) is 3.13. The van der Waals surface area contributed by atoms with Crippen molar-refractivity contribution in [2.75, 3.05) is 17.7 Å². The van der Waals surface area contributed by atoms with Gasteiger partial charge in [-0.25, -0.2) is 8.42 Å². The van der Waals surface area contributed by atoms with E-state index in [-0.39, 0.29) is 17.5 Å². The predicted molar refractivity (Wildman–Crippen MR) is 113 cm³/mol. The fourth-order valence-electron chi connectivity index (χ4n) is 2.65. The van der Waals surface area contributed by atoms with Crippen molar-refractivity contribution >= 4 is 39.5 Å². The summed E-state index contributed by atoms with van der Waals surface area (Å²) in [5, 5.41) is 10.1. The molecule has 2 heterocycles. The van der Waals surface area contributed by atoms with Crippen LogP contribution in [0.25, 0.3) is 0 Å². The van der Waals surface area contributed by atoms with E-state index in [2.05, 4.69) is 14.1 Å². The summed E-state index contributed by atoms with van der Waals surface area (Å²) < 4.78 is 37.0. The van der Waals surface area contributed by atoms with Crippen LogP contribution in [-0.4, -0.2) is 46.5 Å². The second kappa shape index (κ2) is 9.31. The third-order valence-corrected chi connectivity index (χ3v) is 7.90. The van der Waals surface area contributed by atoms with E-state index in [1.165, 1.54) is 25.6 Å². The van der Waals surface area contributed by atoms with Gasteiger partial charge in [0.2, 0.25) is 6.41 Å². The van der Waals surface area contributed by atoms with E-state index < -0.39 is 14.6 Å². The first-order valence-electron chi connectivity index (χ1n) is 8.86. The number of aromatic nitrogens is 2. The van der Waals surface area contributed by atoms with Gasteiger partial charge in [-0.1, -0.05) is 0 Å². The molecule has 4 N–H and O–H groups in total. The zero-order valence-corrected chi connectivity index (χ0v) is 18.1. The first kappa shape index (κ1) is 22.8. The van der Waals surface area contributed by atoms with Crippen LogP contribution in [0.2, 0.25) is 0 Å². The molecule has 11 heteroatoms. The first-order valence-corrected chi connectivity index (χ1v) is 11.2. The fraction of sp³-hybridized carbons (Fsp3) is 0.444. The van der Waals surface area contributed by atoms with Crippen LogP contribution in [0.4, 0.5) is 5.69 Å². The maximum Gasteiger partial charge on any atom is 0.211 e. The highest BCUT2D eigenvalue weighted by Crippen LogP contribution is 2.37. The van der Waals surface area contributed by atoms with Gasteiger partial charge in [-0.05, 0) is 45.4 Å². The van der Waals surface area contributed by atoms with Gasteiger partial charge in [0.25, 0.3) is 0 Å². The van der Waals surface area contributed by atoms with E-state index in [1.54, 1.807) is 24.4 Å². The highest BCUT2D eigenvalue weighted by molar-refractivity contribution is 7.93. The Morgan fingerprint density at radius 2 is 2.21 bits per heavy atom. The molecule has 0 fully saturated rings. The summed E-state index contributed by atoms with van der Waals surface area (Å²) in [7, 11) is -3.62. The third-order valence-electron chi connectivity index (χ3n) is 4.72. The van der Waals surface area contributed by atoms with Gasteiger partial charge in [-0.2, -0.15) is 8.75 Å². The maximum atomic E-state index is 12.6. The fourth-order valence-corrected chi connectivity index (χ4v) is 4.70. The Labute approximate surface area is 174 Å². The lowest BCUT2D eigenvalue weighted by molar-refractivity contribution is -0.105. The zero-order chi connectivity index (χ0) is 21.7. The van der Waals surface area contributed by atoms with Gasteiger partial charge in [0.1, 0.15) is 16.3 Å². The Kier molecular flexibility index (Phi) is 7.31. The molecule has 0 spiro atoms. The molecule has 0 aliphatic carbocycles. The van der Waals surface area contributed by atoms with Crippen LogP contribution < -0.4 is 15.8 Å². The van der Waals surface area contributed by atoms with E-state index in [1.807, 2.05) is 6.92 Å². The number of ether oxygens (including phenoxy) is 1. The van der Waals surface area contributed by atoms with Crippen LogP contribution in [0.5, 0.6) is 5.75 Å². The summed E-state index contributed by atoms with van der Waals surface area (Å²) in [5.41, 5.74) is 7.77. The van der Waals surface area contributed by atoms with Crippen molar-refractivity contribution in [3.05, 3.63) is 35.7 Å². The minimum Gasteiger partial charge on any atom is -0.493 e. The Balaban J connectivity index is 0.000000426. The Morgan fingerprint density at radius 1 is 1.48 bits per heavy atom. The van der Waals surface area contributed by atoms with Crippen molar-refractivity contribution in [3.63, 3.8) is 0 Å². The second-order valence-corrected chi connectivity index (χ2v) is 10.2. The molecule has 1 aliphatic heterocycles. The number of benzene rings is 1. The number of amides is 1. The maximum absolute atomic E-state index is 12.6. The lowest BCUT2D eigenvalue weighted by Crippen LogP contribution is -2.47. The van der Waals surface area contributed by atoms with Crippen molar-refractivity contribution in [2.45, 2.75) is 37.9 Å². The third kappa shape index (κ3) is 5.51. The molecule has 1 amide bonds. The highest BCUT2D eigenvalue weighted by atomic mass is 32.2. The molecule has 1 atom stereocenters. The summed E-state index contributed by atoms with van der Waals surface area (Å²) in [6.45, 7) is 5.22. The van der Waals surface area contributed by atoms with Crippen molar-refractivity contribution in [1.82, 2.24) is 8.75 Å². The number of nitrogens with zero attached hydrogens (tertiary/aromatic N) is 2. The van der Waals surface area contributed by atoms with Crippen LogP contribution in [0, 0.1) is 12.3 Å². The Morgan fingerprint density at radius 3 is 2.72 bits per heavy atom. The van der Waals surface area contributed by atoms with Gasteiger partial charge in [-0.15, -0.1) is 0 Å². The number of anilines is 1. The molecule has 0 radical (unpaired) electrons. The van der Waals surface area contributed by atoms with Crippen molar-refractivity contribution in [1.29, 1.82) is 5.41 Å². The van der Waals surface area contributed by atoms with Crippen LogP contribution in [0.3, 0.4) is 0 Å². The number of hydrogen-bond acceptors (Lipinski definition) is 8. The summed E-state index contributed by atoms with van der Waals surface area (Å²) in [6.07, 6.45) is 2.85. The highest BCUT2D eigenvalue weighted by Gasteiger charge is 2.40. The number of hydrogen-bond donors (Lipinski definition) is 3. The van der Waals surface area contributed by atoms with E-state index in [0.29, 0.717) is 30.9 Å². The van der Waals surface area contributed by atoms with Crippen LogP contribution in [0.1, 0.15) is 37.4 Å². The molecule has 158 valence electrons. The minimum atomic E-state index is -3.62. The molecule has 0 bridgehead atoms. The number of aryl methyl sites for hydroxylation is 1. The van der Waals surface area contributed by atoms with Gasteiger partial charge in [0.15, 0.2) is 9.84 Å². The van der Waals surface area contributed by atoms with Gasteiger partial charge in [0, 0.05) is 17.2 Å². The molecule has 29 heavy (non-hydrogen) atoms. The Bertz CT molecular complexity index is 959. The van der Waals surface area contributed by atoms with Gasteiger partial charge in [0.05, 0.1) is 36.0 Å². The number of carbonyl (C=O) groups excluding carboxylic acids is 1. The van der Waals surface area contributed by atoms with E-state index in [9.17, 15) is 13.2 Å². The Hall–Kier alpha value is -2.53. The smallest absolute Gasteiger partial charge is 0.211 e. The molecule has 1 unspecified atom stereocenters. The van der Waals surface area contributed by atoms with Crippen LogP contribution >= 0.6 is 11.7 Å². The van der Waals surface area contributed by atoms with Crippen molar-refractivity contribution < 1.29 is 17.9 Å². The number of rotatable bonds is 6. The first-order chi connectivity index (χ1) is 13.6. The van der Waals surface area contributed by atoms with E-state index in [0.717, 1.165) is 11.3 Å². The van der Waals surface area contributed by atoms with Gasteiger partial charge < -0.3 is 15.8 Å². The lowest BCUT2D eigenvalue weighted by Gasteiger charge is -2.30. The second-order valence-electron chi connectivity index (χ2n) is 7.10.